The summed E-state index contributed by atoms with van der Waals surface area (Å²) in [6, 6.07) is 3.60. The molecule has 0 amide bonds. The van der Waals surface area contributed by atoms with E-state index in [9.17, 15) is 22.9 Å². The fourth-order valence-electron chi connectivity index (χ4n) is 2.03. The quantitative estimate of drug-likeness (QED) is 0.347. The van der Waals surface area contributed by atoms with Gasteiger partial charge in [0.2, 0.25) is 22.0 Å². The molecule has 0 aliphatic rings. The Kier molecular flexibility index (Phi) is 7.61. The summed E-state index contributed by atoms with van der Waals surface area (Å²) >= 11 is 0. The van der Waals surface area contributed by atoms with Gasteiger partial charge in [-0.2, -0.15) is 0 Å². The largest absolute Gasteiger partial charge is 0.726 e. The van der Waals surface area contributed by atoms with E-state index in [1.807, 2.05) is 37.7 Å². The molecule has 0 aliphatic carbocycles. The Hall–Kier alpha value is -2.57. The summed E-state index contributed by atoms with van der Waals surface area (Å²) in [5, 5.41) is 17.9. The number of rotatable bonds is 5. The van der Waals surface area contributed by atoms with Crippen LogP contribution < -0.4 is 10.1 Å². The summed E-state index contributed by atoms with van der Waals surface area (Å²) in [5.41, 5.74) is 0.247. The van der Waals surface area contributed by atoms with Gasteiger partial charge in [-0.3, -0.25) is 8.98 Å². The van der Waals surface area contributed by atoms with E-state index in [0.29, 0.717) is 18.8 Å². The molecule has 11 nitrogen and oxygen atoms in total. The smallest absolute Gasteiger partial charge is 0.298 e. The summed E-state index contributed by atoms with van der Waals surface area (Å²) in [5.74, 6) is -0.150. The molecular formula is C14H21N5O6S. The Bertz CT molecular complexity index is 932. The molecule has 2 heterocycles. The monoisotopic (exact) mass is 387 g/mol. The number of aryl methyl sites for hydroxylation is 1. The van der Waals surface area contributed by atoms with Gasteiger partial charge in [0.15, 0.2) is 12.4 Å². The molecule has 2 aromatic rings. The van der Waals surface area contributed by atoms with Crippen molar-refractivity contribution in [2.24, 2.45) is 17.3 Å². The summed E-state index contributed by atoms with van der Waals surface area (Å²) in [7, 11) is -1.74. The first-order valence-electron chi connectivity index (χ1n) is 7.55. The van der Waals surface area contributed by atoms with Gasteiger partial charge in [-0.15, -0.1) is 10.2 Å². The van der Waals surface area contributed by atoms with Gasteiger partial charge in [0.25, 0.3) is 5.56 Å². The van der Waals surface area contributed by atoms with Gasteiger partial charge in [0.05, 0.1) is 7.11 Å². The third kappa shape index (κ3) is 5.75. The minimum absolute atomic E-state index is 0.0276. The maximum atomic E-state index is 12.1. The molecule has 0 spiro atoms. The van der Waals surface area contributed by atoms with Crippen molar-refractivity contribution in [3.8, 4) is 5.88 Å². The third-order valence-corrected chi connectivity index (χ3v) is 3.59. The molecule has 26 heavy (non-hydrogen) atoms. The van der Waals surface area contributed by atoms with Crippen LogP contribution in [-0.4, -0.2) is 34.6 Å². The predicted octanol–water partition coefficient (Wildman–Crippen LogP) is 0.728. The number of aromatic hydroxyl groups is 1. The average Bonchev–Trinajstić information content (AvgIpc) is 2.82. The number of azo groups is 1. The Morgan fingerprint density at radius 3 is 2.27 bits per heavy atom. The van der Waals surface area contributed by atoms with Crippen LogP contribution in [0.2, 0.25) is 0 Å². The first-order chi connectivity index (χ1) is 12.1. The second kappa shape index (κ2) is 9.22. The Labute approximate surface area is 150 Å². The maximum absolute atomic E-state index is 12.1. The lowest BCUT2D eigenvalue weighted by Gasteiger charge is -2.06. The molecule has 0 saturated carbocycles. The van der Waals surface area contributed by atoms with Crippen molar-refractivity contribution in [3.63, 3.8) is 0 Å². The van der Waals surface area contributed by atoms with Gasteiger partial charge < -0.3 is 9.66 Å². The summed E-state index contributed by atoms with van der Waals surface area (Å²) in [4.78, 5) is 12.1. The predicted molar refractivity (Wildman–Crippen MR) is 90.2 cm³/mol. The van der Waals surface area contributed by atoms with Gasteiger partial charge in [0, 0.05) is 19.2 Å². The topological polar surface area (TPSA) is 142 Å². The van der Waals surface area contributed by atoms with E-state index >= 15 is 0 Å². The van der Waals surface area contributed by atoms with Crippen LogP contribution in [0, 0.1) is 0 Å². The number of nitrogens with zero attached hydrogens (tertiary/aromatic N) is 5. The van der Waals surface area contributed by atoms with Gasteiger partial charge in [-0.25, -0.2) is 22.3 Å². The molecule has 1 N–H and O–H groups in total. The van der Waals surface area contributed by atoms with Crippen LogP contribution in [-0.2, 0) is 34.7 Å². The Morgan fingerprint density at radius 1 is 1.27 bits per heavy atom. The van der Waals surface area contributed by atoms with Gasteiger partial charge in [-0.05, 0) is 19.9 Å². The highest BCUT2D eigenvalue weighted by molar-refractivity contribution is 7.80. The van der Waals surface area contributed by atoms with E-state index in [4.69, 9.17) is 0 Å². The average molecular weight is 387 g/mol. The standard InChI is InChI=1S/C13H17N5O2.CH4O4S/c1-4-17-12(19)11(13(20)18(17)5-2)15-14-10-7-6-8-16(3)9-10;1-5-6(2,3)4/h6-9H,4-5H2,1-3H3;1H3,(H,2,3,4). The number of pyridine rings is 1. The minimum atomic E-state index is -4.41. The highest BCUT2D eigenvalue weighted by Crippen LogP contribution is 2.24. The molecule has 0 bridgehead atoms. The summed E-state index contributed by atoms with van der Waals surface area (Å²) < 4.78 is 35.8. The molecular weight excluding hydrogens is 366 g/mol. The van der Waals surface area contributed by atoms with E-state index in [2.05, 4.69) is 14.4 Å². The second-order valence-corrected chi connectivity index (χ2v) is 6.06. The zero-order chi connectivity index (χ0) is 19.9. The molecule has 0 saturated heterocycles. The fourth-order valence-corrected chi connectivity index (χ4v) is 2.03. The molecule has 12 heteroatoms. The summed E-state index contributed by atoms with van der Waals surface area (Å²) in [6.07, 6.45) is 3.64. The molecule has 0 atom stereocenters. The zero-order valence-corrected chi connectivity index (χ0v) is 15.7. The van der Waals surface area contributed by atoms with Crippen LogP contribution in [0.1, 0.15) is 13.8 Å². The van der Waals surface area contributed by atoms with Crippen molar-refractivity contribution in [2.45, 2.75) is 26.9 Å². The summed E-state index contributed by atoms with van der Waals surface area (Å²) in [6.45, 7) is 4.65. The van der Waals surface area contributed by atoms with Crippen molar-refractivity contribution >= 4 is 21.8 Å². The lowest BCUT2D eigenvalue weighted by molar-refractivity contribution is -0.670. The molecule has 144 valence electrons. The van der Waals surface area contributed by atoms with E-state index in [1.54, 1.807) is 12.3 Å². The second-order valence-electron chi connectivity index (χ2n) is 4.91. The van der Waals surface area contributed by atoms with Crippen molar-refractivity contribution in [1.29, 1.82) is 0 Å². The van der Waals surface area contributed by atoms with Crippen molar-refractivity contribution < 1.29 is 26.8 Å². The highest BCUT2D eigenvalue weighted by atomic mass is 32.3. The SMILES string of the molecule is CCn1c(O)c(N=Nc2ccc[n+](C)c2)c(=O)n1CC.COS(=O)(=O)[O-]. The van der Waals surface area contributed by atoms with Crippen molar-refractivity contribution in [2.75, 3.05) is 7.11 Å². The number of aromatic nitrogens is 3. The molecule has 0 fully saturated rings. The zero-order valence-electron chi connectivity index (χ0n) is 14.9. The van der Waals surface area contributed by atoms with Gasteiger partial charge >= 0.3 is 0 Å². The fraction of sp³-hybridized carbons (Fsp3) is 0.429. The Balaban J connectivity index is 0.000000487. The maximum Gasteiger partial charge on any atom is 0.298 e. The first-order valence-corrected chi connectivity index (χ1v) is 8.88. The van der Waals surface area contributed by atoms with Crippen LogP contribution in [0.15, 0.2) is 39.5 Å². The van der Waals surface area contributed by atoms with E-state index in [1.165, 1.54) is 9.36 Å². The molecule has 0 radical (unpaired) electrons. The van der Waals surface area contributed by atoms with E-state index < -0.39 is 10.4 Å². The lowest BCUT2D eigenvalue weighted by atomic mass is 10.4. The van der Waals surface area contributed by atoms with Crippen LogP contribution in [0.4, 0.5) is 11.4 Å². The lowest BCUT2D eigenvalue weighted by Crippen LogP contribution is -2.25. The molecule has 2 rings (SSSR count). The van der Waals surface area contributed by atoms with Crippen LogP contribution in [0.25, 0.3) is 0 Å². The van der Waals surface area contributed by atoms with E-state index in [-0.39, 0.29) is 17.1 Å². The van der Waals surface area contributed by atoms with Crippen LogP contribution >= 0.6 is 0 Å². The highest BCUT2D eigenvalue weighted by Gasteiger charge is 2.17. The van der Waals surface area contributed by atoms with Gasteiger partial charge in [0.1, 0.15) is 12.7 Å². The van der Waals surface area contributed by atoms with Crippen LogP contribution in [0.5, 0.6) is 5.88 Å². The molecule has 0 aliphatic heterocycles. The number of hydrogen-bond acceptors (Lipinski definition) is 8. The first kappa shape index (κ1) is 21.5. The Morgan fingerprint density at radius 2 is 1.85 bits per heavy atom. The molecule has 2 aromatic heterocycles. The minimum Gasteiger partial charge on any atom is -0.726 e. The molecule has 0 aromatic carbocycles. The third-order valence-electron chi connectivity index (χ3n) is 3.18. The van der Waals surface area contributed by atoms with Crippen LogP contribution in [0.3, 0.4) is 0 Å². The van der Waals surface area contributed by atoms with E-state index in [0.717, 1.165) is 7.11 Å². The number of hydrogen-bond donors (Lipinski definition) is 1. The van der Waals surface area contributed by atoms with Crippen molar-refractivity contribution in [3.05, 3.63) is 34.9 Å². The van der Waals surface area contributed by atoms with Crippen molar-refractivity contribution in [1.82, 2.24) is 9.36 Å². The normalized spacial score (nSPS) is 11.4. The molecule has 0 unspecified atom stereocenters. The van der Waals surface area contributed by atoms with Gasteiger partial charge in [-0.1, -0.05) is 0 Å².